The maximum atomic E-state index is 12.9. The van der Waals surface area contributed by atoms with Crippen molar-refractivity contribution in [3.05, 3.63) is 67.8 Å². The predicted octanol–water partition coefficient (Wildman–Crippen LogP) is 1.68. The van der Waals surface area contributed by atoms with Gasteiger partial charge < -0.3 is 14.6 Å². The molecule has 2 heterocycles. The summed E-state index contributed by atoms with van der Waals surface area (Å²) in [6.07, 6.45) is 0. The summed E-state index contributed by atoms with van der Waals surface area (Å²) in [7, 11) is 0. The van der Waals surface area contributed by atoms with E-state index in [1.54, 1.807) is 18.2 Å². The molecule has 1 N–H and O–H groups in total. The molecule has 0 bridgehead atoms. The van der Waals surface area contributed by atoms with Crippen LogP contribution in [0.5, 0.6) is 11.5 Å². The van der Waals surface area contributed by atoms with Crippen molar-refractivity contribution in [2.75, 3.05) is 6.79 Å². The van der Waals surface area contributed by atoms with Crippen molar-refractivity contribution in [1.82, 2.24) is 9.13 Å². The van der Waals surface area contributed by atoms with Crippen molar-refractivity contribution in [2.24, 2.45) is 0 Å². The van der Waals surface area contributed by atoms with Crippen LogP contribution in [-0.4, -0.2) is 27.0 Å². The number of carbonyl (C=O) groups is 1. The van der Waals surface area contributed by atoms with E-state index < -0.39 is 23.8 Å². The number of halogens is 1. The number of ether oxygens (including phenoxy) is 2. The van der Waals surface area contributed by atoms with E-state index in [0.29, 0.717) is 22.1 Å². The van der Waals surface area contributed by atoms with Gasteiger partial charge in [-0.15, -0.1) is 0 Å². The number of hydrogen-bond donors (Lipinski definition) is 1. The van der Waals surface area contributed by atoms with Gasteiger partial charge in [0.05, 0.1) is 17.4 Å². The lowest BCUT2D eigenvalue weighted by Crippen LogP contribution is -2.41. The fourth-order valence-electron chi connectivity index (χ4n) is 3.05. The number of carboxylic acid groups (broad SMARTS) is 1. The van der Waals surface area contributed by atoms with Crippen LogP contribution in [0.1, 0.15) is 5.56 Å². The van der Waals surface area contributed by atoms with Gasteiger partial charge in [0.25, 0.3) is 5.56 Å². The molecule has 1 aromatic heterocycles. The highest BCUT2D eigenvalue weighted by Crippen LogP contribution is 2.32. The molecule has 3 aromatic rings. The Kier molecular flexibility index (Phi) is 4.12. The maximum absolute atomic E-state index is 12.9. The molecule has 2 aromatic carbocycles. The van der Waals surface area contributed by atoms with E-state index in [-0.39, 0.29) is 24.2 Å². The first-order valence-corrected chi connectivity index (χ1v) is 8.35. The Morgan fingerprint density at radius 1 is 1.07 bits per heavy atom. The van der Waals surface area contributed by atoms with Gasteiger partial charge in [0, 0.05) is 5.02 Å². The number of aliphatic carboxylic acids is 1. The molecule has 138 valence electrons. The molecule has 4 rings (SSSR count). The normalized spacial score (nSPS) is 12.5. The highest BCUT2D eigenvalue weighted by Gasteiger charge is 2.18. The maximum Gasteiger partial charge on any atom is 0.332 e. The molecule has 0 aliphatic carbocycles. The number of carboxylic acids is 1. The van der Waals surface area contributed by atoms with Gasteiger partial charge in [0.1, 0.15) is 6.54 Å². The van der Waals surface area contributed by atoms with Crippen molar-refractivity contribution < 1.29 is 19.4 Å². The molecular weight excluding hydrogens is 376 g/mol. The van der Waals surface area contributed by atoms with Crippen molar-refractivity contribution >= 4 is 28.5 Å². The van der Waals surface area contributed by atoms with Crippen molar-refractivity contribution in [3.8, 4) is 11.5 Å². The third-order valence-corrected chi connectivity index (χ3v) is 4.49. The van der Waals surface area contributed by atoms with Gasteiger partial charge in [-0.2, -0.15) is 0 Å². The quantitative estimate of drug-likeness (QED) is 0.730. The topological polar surface area (TPSA) is 99.8 Å². The fraction of sp³-hybridized carbons (Fsp3) is 0.167. The molecule has 8 nitrogen and oxygen atoms in total. The second-order valence-electron chi connectivity index (χ2n) is 6.00. The first kappa shape index (κ1) is 17.2. The van der Waals surface area contributed by atoms with Crippen LogP contribution in [0, 0.1) is 0 Å². The minimum atomic E-state index is -1.19. The third kappa shape index (κ3) is 3.04. The van der Waals surface area contributed by atoms with Gasteiger partial charge in [-0.05, 0) is 35.9 Å². The minimum absolute atomic E-state index is 0.0453. The molecule has 0 radical (unpaired) electrons. The van der Waals surface area contributed by atoms with Crippen LogP contribution in [0.4, 0.5) is 0 Å². The standard InChI is InChI=1S/C18H13ClN2O6/c19-11-2-3-13-12(6-11)17(24)21(18(25)20(13)8-16(22)23)7-10-1-4-14-15(5-10)27-9-26-14/h1-6H,7-9H2,(H,22,23). The Morgan fingerprint density at radius 3 is 2.63 bits per heavy atom. The number of aromatic nitrogens is 2. The number of fused-ring (bicyclic) bond motifs is 2. The second-order valence-corrected chi connectivity index (χ2v) is 6.44. The van der Waals surface area contributed by atoms with Crippen LogP contribution < -0.4 is 20.7 Å². The van der Waals surface area contributed by atoms with Gasteiger partial charge >= 0.3 is 11.7 Å². The average molecular weight is 389 g/mol. The molecule has 27 heavy (non-hydrogen) atoms. The summed E-state index contributed by atoms with van der Waals surface area (Å²) in [6.45, 7) is -0.507. The molecule has 9 heteroatoms. The highest BCUT2D eigenvalue weighted by molar-refractivity contribution is 6.31. The predicted molar refractivity (Wildman–Crippen MR) is 96.8 cm³/mol. The molecule has 1 aliphatic rings. The summed E-state index contributed by atoms with van der Waals surface area (Å²) in [4.78, 5) is 36.9. The molecule has 0 spiro atoms. The zero-order chi connectivity index (χ0) is 19.1. The summed E-state index contributed by atoms with van der Waals surface area (Å²) in [5.41, 5.74) is -0.396. The largest absolute Gasteiger partial charge is 0.480 e. The van der Waals surface area contributed by atoms with E-state index >= 15 is 0 Å². The molecule has 0 saturated carbocycles. The van der Waals surface area contributed by atoms with Gasteiger partial charge in [0.15, 0.2) is 11.5 Å². The molecule has 0 unspecified atom stereocenters. The SMILES string of the molecule is O=C(O)Cn1c(=O)n(Cc2ccc3c(c2)OCO3)c(=O)c2cc(Cl)ccc21. The third-order valence-electron chi connectivity index (χ3n) is 4.26. The molecule has 0 amide bonds. The Hall–Kier alpha value is -3.26. The Morgan fingerprint density at radius 2 is 1.85 bits per heavy atom. The van der Waals surface area contributed by atoms with Gasteiger partial charge in [0.2, 0.25) is 6.79 Å². The van der Waals surface area contributed by atoms with Gasteiger partial charge in [-0.25, -0.2) is 4.79 Å². The molecule has 0 fully saturated rings. The zero-order valence-corrected chi connectivity index (χ0v) is 14.6. The van der Waals surface area contributed by atoms with Crippen LogP contribution in [0.3, 0.4) is 0 Å². The molecular formula is C18H13ClN2O6. The van der Waals surface area contributed by atoms with E-state index in [2.05, 4.69) is 0 Å². The lowest BCUT2D eigenvalue weighted by molar-refractivity contribution is -0.137. The number of hydrogen-bond acceptors (Lipinski definition) is 5. The minimum Gasteiger partial charge on any atom is -0.480 e. The number of benzene rings is 2. The van der Waals surface area contributed by atoms with E-state index in [1.165, 1.54) is 18.2 Å². The lowest BCUT2D eigenvalue weighted by atomic mass is 10.2. The van der Waals surface area contributed by atoms with E-state index in [1.807, 2.05) is 0 Å². The zero-order valence-electron chi connectivity index (χ0n) is 13.8. The highest BCUT2D eigenvalue weighted by atomic mass is 35.5. The van der Waals surface area contributed by atoms with Crippen LogP contribution >= 0.6 is 11.6 Å². The second kappa shape index (κ2) is 6.48. The lowest BCUT2D eigenvalue weighted by Gasteiger charge is -2.13. The van der Waals surface area contributed by atoms with Gasteiger partial charge in [-0.1, -0.05) is 17.7 Å². The van der Waals surface area contributed by atoms with Crippen LogP contribution in [0.15, 0.2) is 46.0 Å². The Labute approximate surface area is 156 Å². The number of nitrogens with zero attached hydrogens (tertiary/aromatic N) is 2. The molecule has 0 atom stereocenters. The van der Waals surface area contributed by atoms with Crippen LogP contribution in [0.2, 0.25) is 5.02 Å². The van der Waals surface area contributed by atoms with Crippen LogP contribution in [0.25, 0.3) is 10.9 Å². The smallest absolute Gasteiger partial charge is 0.332 e. The summed E-state index contributed by atoms with van der Waals surface area (Å²) in [6, 6.07) is 9.47. The fourth-order valence-corrected chi connectivity index (χ4v) is 3.22. The first-order valence-electron chi connectivity index (χ1n) is 7.97. The Balaban J connectivity index is 1.90. The number of rotatable bonds is 4. The van der Waals surface area contributed by atoms with Crippen molar-refractivity contribution in [3.63, 3.8) is 0 Å². The van der Waals surface area contributed by atoms with Gasteiger partial charge in [-0.3, -0.25) is 18.7 Å². The van der Waals surface area contributed by atoms with E-state index in [9.17, 15) is 14.4 Å². The first-order chi connectivity index (χ1) is 12.9. The van der Waals surface area contributed by atoms with E-state index in [0.717, 1.165) is 9.13 Å². The summed E-state index contributed by atoms with van der Waals surface area (Å²) >= 11 is 5.98. The summed E-state index contributed by atoms with van der Waals surface area (Å²) in [5.74, 6) is -0.0865. The average Bonchev–Trinajstić information content (AvgIpc) is 3.10. The monoisotopic (exact) mass is 388 g/mol. The van der Waals surface area contributed by atoms with Crippen LogP contribution in [-0.2, 0) is 17.9 Å². The Bertz CT molecular complexity index is 1200. The summed E-state index contributed by atoms with van der Waals surface area (Å²) in [5, 5.41) is 9.64. The van der Waals surface area contributed by atoms with E-state index in [4.69, 9.17) is 26.2 Å². The van der Waals surface area contributed by atoms with Crippen molar-refractivity contribution in [1.29, 1.82) is 0 Å². The molecule has 0 saturated heterocycles. The van der Waals surface area contributed by atoms with Crippen molar-refractivity contribution in [2.45, 2.75) is 13.1 Å². The summed E-state index contributed by atoms with van der Waals surface area (Å²) < 4.78 is 12.6. The molecule has 1 aliphatic heterocycles.